The van der Waals surface area contributed by atoms with Gasteiger partial charge in [0.2, 0.25) is 5.91 Å². The second-order valence-corrected chi connectivity index (χ2v) is 7.86. The first-order valence-corrected chi connectivity index (χ1v) is 10.6. The highest BCUT2D eigenvalue weighted by atomic mass is 35.5. The number of carbonyl (C=O) groups excluding carboxylic acids is 2. The molecule has 0 bridgehead atoms. The van der Waals surface area contributed by atoms with E-state index in [-0.39, 0.29) is 24.3 Å². The molecule has 0 aromatic heterocycles. The van der Waals surface area contributed by atoms with E-state index in [1.165, 1.54) is 0 Å². The van der Waals surface area contributed by atoms with E-state index in [1.54, 1.807) is 53.4 Å². The smallest absolute Gasteiger partial charge is 0.260 e. The van der Waals surface area contributed by atoms with Crippen molar-refractivity contribution in [1.29, 1.82) is 0 Å². The van der Waals surface area contributed by atoms with Gasteiger partial charge in [0.1, 0.15) is 18.1 Å². The molecule has 1 heterocycles. The van der Waals surface area contributed by atoms with Gasteiger partial charge in [0.25, 0.3) is 5.91 Å². The van der Waals surface area contributed by atoms with Crippen LogP contribution < -0.4 is 14.8 Å². The quantitative estimate of drug-likeness (QED) is 0.620. The van der Waals surface area contributed by atoms with Gasteiger partial charge >= 0.3 is 0 Å². The summed E-state index contributed by atoms with van der Waals surface area (Å²) in [5.74, 6) is 1.13. The van der Waals surface area contributed by atoms with Crippen LogP contribution in [0.1, 0.15) is 12.8 Å². The van der Waals surface area contributed by atoms with Gasteiger partial charge in [-0.1, -0.05) is 23.2 Å². The molecule has 6 nitrogen and oxygen atoms in total. The van der Waals surface area contributed by atoms with Gasteiger partial charge in [0, 0.05) is 29.1 Å². The van der Waals surface area contributed by atoms with Crippen molar-refractivity contribution in [2.24, 2.45) is 5.92 Å². The van der Waals surface area contributed by atoms with Gasteiger partial charge in [0.15, 0.2) is 6.61 Å². The first-order valence-electron chi connectivity index (χ1n) is 9.83. The van der Waals surface area contributed by atoms with Crippen LogP contribution in [-0.2, 0) is 9.59 Å². The fourth-order valence-corrected chi connectivity index (χ4v) is 3.43. The average Bonchev–Trinajstić information content (AvgIpc) is 2.77. The highest BCUT2D eigenvalue weighted by Gasteiger charge is 2.27. The molecule has 0 saturated carbocycles. The number of benzene rings is 2. The summed E-state index contributed by atoms with van der Waals surface area (Å²) in [6.45, 7) is 1.87. The van der Waals surface area contributed by atoms with Crippen LogP contribution in [0, 0.1) is 5.92 Å². The Kier molecular flexibility index (Phi) is 8.22. The zero-order valence-corrected chi connectivity index (χ0v) is 18.0. The van der Waals surface area contributed by atoms with Crippen LogP contribution in [0.25, 0.3) is 0 Å². The lowest BCUT2D eigenvalue weighted by Crippen LogP contribution is -2.45. The zero-order valence-electron chi connectivity index (χ0n) is 16.5. The Balaban J connectivity index is 1.32. The maximum atomic E-state index is 12.3. The maximum Gasteiger partial charge on any atom is 0.260 e. The van der Waals surface area contributed by atoms with Crippen molar-refractivity contribution >= 4 is 35.0 Å². The third-order valence-corrected chi connectivity index (χ3v) is 5.38. The van der Waals surface area contributed by atoms with E-state index in [9.17, 15) is 9.59 Å². The fourth-order valence-electron chi connectivity index (χ4n) is 3.18. The third-order valence-electron chi connectivity index (χ3n) is 4.88. The summed E-state index contributed by atoms with van der Waals surface area (Å²) in [4.78, 5) is 26.4. The molecule has 160 valence electrons. The zero-order chi connectivity index (χ0) is 21.3. The van der Waals surface area contributed by atoms with Gasteiger partial charge in [-0.25, -0.2) is 0 Å². The maximum absolute atomic E-state index is 12.3. The molecule has 1 aliphatic heterocycles. The summed E-state index contributed by atoms with van der Waals surface area (Å²) >= 11 is 11.7. The second-order valence-electron chi connectivity index (χ2n) is 6.99. The number of nitrogens with zero attached hydrogens (tertiary/aromatic N) is 1. The van der Waals surface area contributed by atoms with E-state index < -0.39 is 0 Å². The molecule has 30 heavy (non-hydrogen) atoms. The number of ether oxygens (including phenoxy) is 2. The lowest BCUT2D eigenvalue weighted by atomic mass is 9.96. The number of halogens is 2. The number of likely N-dealkylation sites (tertiary alicyclic amines) is 1. The normalized spacial score (nSPS) is 14.3. The molecule has 1 fully saturated rings. The minimum atomic E-state index is -0.0956. The van der Waals surface area contributed by atoms with E-state index >= 15 is 0 Å². The molecular weight excluding hydrogens is 427 g/mol. The van der Waals surface area contributed by atoms with Crippen LogP contribution in [0.15, 0.2) is 48.5 Å². The summed E-state index contributed by atoms with van der Waals surface area (Å²) < 4.78 is 11.1. The minimum Gasteiger partial charge on any atom is -0.492 e. The molecule has 0 spiro atoms. The van der Waals surface area contributed by atoms with E-state index in [0.29, 0.717) is 60.6 Å². The van der Waals surface area contributed by atoms with Crippen LogP contribution in [0.4, 0.5) is 0 Å². The van der Waals surface area contributed by atoms with E-state index in [1.807, 2.05) is 0 Å². The van der Waals surface area contributed by atoms with E-state index in [2.05, 4.69) is 5.32 Å². The van der Waals surface area contributed by atoms with Crippen LogP contribution in [-0.4, -0.2) is 49.6 Å². The predicted octanol–water partition coefficient (Wildman–Crippen LogP) is 3.81. The number of piperidine rings is 1. The number of amides is 2. The molecule has 2 aromatic rings. The second kappa shape index (κ2) is 11.1. The Morgan fingerprint density at radius 3 is 2.00 bits per heavy atom. The summed E-state index contributed by atoms with van der Waals surface area (Å²) in [7, 11) is 0. The van der Waals surface area contributed by atoms with Crippen molar-refractivity contribution in [3.8, 4) is 11.5 Å². The van der Waals surface area contributed by atoms with Gasteiger partial charge in [-0.05, 0) is 61.4 Å². The van der Waals surface area contributed by atoms with Gasteiger partial charge in [-0.15, -0.1) is 0 Å². The number of carbonyl (C=O) groups is 2. The Morgan fingerprint density at radius 1 is 0.900 bits per heavy atom. The first-order chi connectivity index (χ1) is 14.5. The largest absolute Gasteiger partial charge is 0.492 e. The van der Waals surface area contributed by atoms with Crippen molar-refractivity contribution < 1.29 is 19.1 Å². The molecule has 1 saturated heterocycles. The van der Waals surface area contributed by atoms with Gasteiger partial charge in [-0.3, -0.25) is 9.59 Å². The Hall–Kier alpha value is -2.44. The SMILES string of the molecule is O=C(NCCOc1ccc(Cl)cc1)C1CCN(C(=O)COc2ccc(Cl)cc2)CC1. The van der Waals surface area contributed by atoms with Crippen LogP contribution in [0.5, 0.6) is 11.5 Å². The van der Waals surface area contributed by atoms with E-state index in [0.717, 1.165) is 0 Å². The molecule has 1 N–H and O–H groups in total. The van der Waals surface area contributed by atoms with E-state index in [4.69, 9.17) is 32.7 Å². The number of hydrogen-bond acceptors (Lipinski definition) is 4. The van der Waals surface area contributed by atoms with Crippen molar-refractivity contribution in [3.63, 3.8) is 0 Å². The number of rotatable bonds is 8. The van der Waals surface area contributed by atoms with Gasteiger partial charge < -0.3 is 19.7 Å². The van der Waals surface area contributed by atoms with Crippen LogP contribution in [0.2, 0.25) is 10.0 Å². The molecule has 0 aliphatic carbocycles. The first kappa shape index (κ1) is 22.2. The highest BCUT2D eigenvalue weighted by Crippen LogP contribution is 2.19. The highest BCUT2D eigenvalue weighted by molar-refractivity contribution is 6.30. The summed E-state index contributed by atoms with van der Waals surface area (Å²) in [6, 6.07) is 14.0. The van der Waals surface area contributed by atoms with Crippen molar-refractivity contribution in [2.45, 2.75) is 12.8 Å². The molecule has 0 unspecified atom stereocenters. The van der Waals surface area contributed by atoms with Crippen LogP contribution in [0.3, 0.4) is 0 Å². The predicted molar refractivity (Wildman–Crippen MR) is 116 cm³/mol. The summed E-state index contributed by atoms with van der Waals surface area (Å²) in [5.41, 5.74) is 0. The van der Waals surface area contributed by atoms with Crippen molar-refractivity contribution in [2.75, 3.05) is 32.8 Å². The number of hydrogen-bond donors (Lipinski definition) is 1. The van der Waals surface area contributed by atoms with Crippen molar-refractivity contribution in [1.82, 2.24) is 10.2 Å². The van der Waals surface area contributed by atoms with Gasteiger partial charge in [-0.2, -0.15) is 0 Å². The third kappa shape index (κ3) is 6.82. The lowest BCUT2D eigenvalue weighted by Gasteiger charge is -2.31. The molecule has 2 aromatic carbocycles. The fraction of sp³-hybridized carbons (Fsp3) is 0.364. The van der Waals surface area contributed by atoms with Crippen LogP contribution >= 0.6 is 23.2 Å². The lowest BCUT2D eigenvalue weighted by molar-refractivity contribution is -0.137. The Bertz CT molecular complexity index is 835. The topological polar surface area (TPSA) is 67.9 Å². The monoisotopic (exact) mass is 450 g/mol. The molecular formula is C22H24Cl2N2O4. The number of nitrogens with one attached hydrogen (secondary N) is 1. The Morgan fingerprint density at radius 2 is 1.43 bits per heavy atom. The van der Waals surface area contributed by atoms with Crippen molar-refractivity contribution in [3.05, 3.63) is 58.6 Å². The average molecular weight is 451 g/mol. The molecule has 2 amide bonds. The molecule has 0 atom stereocenters. The molecule has 0 radical (unpaired) electrons. The van der Waals surface area contributed by atoms with Gasteiger partial charge in [0.05, 0.1) is 6.54 Å². The molecule has 8 heteroatoms. The standard InChI is InChI=1S/C22H24Cl2N2O4/c23-17-1-5-19(6-2-17)29-14-11-25-22(28)16-9-12-26(13-10-16)21(27)15-30-20-7-3-18(24)4-8-20/h1-8,16H,9-15H2,(H,25,28). The molecule has 3 rings (SSSR count). The Labute approximate surface area is 186 Å². The summed E-state index contributed by atoms with van der Waals surface area (Å²) in [5, 5.41) is 4.17. The molecule has 1 aliphatic rings. The minimum absolute atomic E-state index is 0.000723. The summed E-state index contributed by atoms with van der Waals surface area (Å²) in [6.07, 6.45) is 1.27.